The molecular weight excluding hydrogens is 284 g/mol. The van der Waals surface area contributed by atoms with Gasteiger partial charge in [0.25, 0.3) is 0 Å². The Hall–Kier alpha value is -2.52. The number of fused-ring (bicyclic) bond motifs is 2. The third-order valence-corrected chi connectivity index (χ3v) is 3.92. The molecule has 0 radical (unpaired) electrons. The third-order valence-electron chi connectivity index (χ3n) is 3.61. The normalized spacial score (nSPS) is 11.3. The molecule has 4 heteroatoms. The Balaban J connectivity index is 2.02. The molecule has 0 aliphatic heterocycles. The molecule has 2 heterocycles. The summed E-state index contributed by atoms with van der Waals surface area (Å²) in [7, 11) is 0. The molecule has 0 saturated carbocycles. The molecule has 0 spiro atoms. The molecule has 0 aliphatic carbocycles. The van der Waals surface area contributed by atoms with E-state index in [4.69, 9.17) is 11.6 Å². The predicted octanol–water partition coefficient (Wildman–Crippen LogP) is 4.74. The summed E-state index contributed by atoms with van der Waals surface area (Å²) in [4.78, 5) is 7.86. The number of hydrogen-bond acceptors (Lipinski definition) is 2. The van der Waals surface area contributed by atoms with E-state index in [2.05, 4.69) is 9.97 Å². The Morgan fingerprint density at radius 3 is 2.76 bits per heavy atom. The Morgan fingerprint density at radius 2 is 1.86 bits per heavy atom. The maximum Gasteiger partial charge on any atom is 0.116 e. The SMILES string of the molecule is Oc1ccc2[nH]cc(-c3cc(Cl)c4ccccc4n3)c2c1. The van der Waals surface area contributed by atoms with E-state index >= 15 is 0 Å². The zero-order valence-corrected chi connectivity index (χ0v) is 11.7. The molecule has 0 aliphatic rings. The lowest BCUT2D eigenvalue weighted by molar-refractivity contribution is 0.476. The van der Waals surface area contributed by atoms with Crippen molar-refractivity contribution in [2.75, 3.05) is 0 Å². The first-order valence-corrected chi connectivity index (χ1v) is 6.96. The van der Waals surface area contributed by atoms with Crippen LogP contribution in [0.2, 0.25) is 5.02 Å². The van der Waals surface area contributed by atoms with Crippen LogP contribution in [-0.2, 0) is 0 Å². The summed E-state index contributed by atoms with van der Waals surface area (Å²) < 4.78 is 0. The van der Waals surface area contributed by atoms with Crippen molar-refractivity contribution in [3.8, 4) is 17.0 Å². The van der Waals surface area contributed by atoms with E-state index in [9.17, 15) is 5.11 Å². The van der Waals surface area contributed by atoms with Gasteiger partial charge < -0.3 is 10.1 Å². The quantitative estimate of drug-likeness (QED) is 0.532. The number of halogens is 1. The number of nitrogens with zero attached hydrogens (tertiary/aromatic N) is 1. The predicted molar refractivity (Wildman–Crippen MR) is 85.7 cm³/mol. The van der Waals surface area contributed by atoms with E-state index in [1.165, 1.54) is 0 Å². The fourth-order valence-electron chi connectivity index (χ4n) is 2.59. The molecular formula is C17H11ClN2O. The monoisotopic (exact) mass is 294 g/mol. The number of para-hydroxylation sites is 1. The van der Waals surface area contributed by atoms with Gasteiger partial charge in [-0.05, 0) is 30.3 Å². The number of phenolic OH excluding ortho intramolecular Hbond substituents is 1. The maximum absolute atomic E-state index is 9.69. The van der Waals surface area contributed by atoms with Crippen molar-refractivity contribution >= 4 is 33.4 Å². The molecule has 0 atom stereocenters. The summed E-state index contributed by atoms with van der Waals surface area (Å²) in [5, 5.41) is 12.2. The van der Waals surface area contributed by atoms with Gasteiger partial charge in [-0.15, -0.1) is 0 Å². The molecule has 2 aromatic heterocycles. The van der Waals surface area contributed by atoms with Crippen LogP contribution in [0.4, 0.5) is 0 Å². The second-order valence-electron chi connectivity index (χ2n) is 4.94. The summed E-state index contributed by atoms with van der Waals surface area (Å²) in [6.45, 7) is 0. The minimum atomic E-state index is 0.232. The number of pyridine rings is 1. The topological polar surface area (TPSA) is 48.9 Å². The number of nitrogens with one attached hydrogen (secondary N) is 1. The smallest absolute Gasteiger partial charge is 0.116 e. The summed E-state index contributed by atoms with van der Waals surface area (Å²) in [6, 6.07) is 14.9. The number of benzene rings is 2. The first kappa shape index (κ1) is 12.2. The molecule has 102 valence electrons. The summed E-state index contributed by atoms with van der Waals surface area (Å²) in [6.07, 6.45) is 1.89. The highest BCUT2D eigenvalue weighted by molar-refractivity contribution is 6.35. The molecule has 0 fully saturated rings. The molecule has 2 N–H and O–H groups in total. The average Bonchev–Trinajstić information content (AvgIpc) is 2.90. The number of rotatable bonds is 1. The molecule has 2 aromatic carbocycles. The number of hydrogen-bond donors (Lipinski definition) is 2. The lowest BCUT2D eigenvalue weighted by Gasteiger charge is -2.04. The molecule has 4 rings (SSSR count). The van der Waals surface area contributed by atoms with Crippen molar-refractivity contribution in [2.24, 2.45) is 0 Å². The Bertz CT molecular complexity index is 975. The molecule has 3 nitrogen and oxygen atoms in total. The van der Waals surface area contributed by atoms with Crippen molar-refractivity contribution < 1.29 is 5.11 Å². The Morgan fingerprint density at radius 1 is 1.00 bits per heavy atom. The summed E-state index contributed by atoms with van der Waals surface area (Å²) in [5.41, 5.74) is 3.52. The number of H-pyrrole nitrogens is 1. The minimum Gasteiger partial charge on any atom is -0.508 e. The van der Waals surface area contributed by atoms with Gasteiger partial charge in [0.1, 0.15) is 5.75 Å². The molecule has 0 unspecified atom stereocenters. The van der Waals surface area contributed by atoms with Crippen molar-refractivity contribution in [2.45, 2.75) is 0 Å². The molecule has 0 bridgehead atoms. The first-order valence-electron chi connectivity index (χ1n) is 6.58. The Labute approximate surface area is 125 Å². The van der Waals surface area contributed by atoms with Gasteiger partial charge in [-0.2, -0.15) is 0 Å². The van der Waals surface area contributed by atoms with Crippen LogP contribution in [0, 0.1) is 0 Å². The molecule has 0 saturated heterocycles. The van der Waals surface area contributed by atoms with E-state index in [0.29, 0.717) is 5.02 Å². The van der Waals surface area contributed by atoms with Gasteiger partial charge in [-0.25, -0.2) is 4.98 Å². The molecule has 21 heavy (non-hydrogen) atoms. The van der Waals surface area contributed by atoms with Crippen LogP contribution in [-0.4, -0.2) is 15.1 Å². The minimum absolute atomic E-state index is 0.232. The second kappa shape index (κ2) is 4.50. The number of phenols is 1. The highest BCUT2D eigenvalue weighted by Crippen LogP contribution is 2.33. The largest absolute Gasteiger partial charge is 0.508 e. The van der Waals surface area contributed by atoms with Crippen molar-refractivity contribution in [3.05, 3.63) is 59.8 Å². The highest BCUT2D eigenvalue weighted by atomic mass is 35.5. The first-order chi connectivity index (χ1) is 10.2. The van der Waals surface area contributed by atoms with Gasteiger partial charge in [0, 0.05) is 28.0 Å². The van der Waals surface area contributed by atoms with Gasteiger partial charge >= 0.3 is 0 Å². The van der Waals surface area contributed by atoms with Crippen LogP contribution >= 0.6 is 11.6 Å². The molecule has 0 amide bonds. The van der Waals surface area contributed by atoms with E-state index in [0.717, 1.165) is 33.1 Å². The summed E-state index contributed by atoms with van der Waals surface area (Å²) in [5.74, 6) is 0.232. The zero-order valence-electron chi connectivity index (χ0n) is 11.0. The number of aromatic amines is 1. The number of aromatic hydroxyl groups is 1. The van der Waals surface area contributed by atoms with Crippen LogP contribution in [0.1, 0.15) is 0 Å². The van der Waals surface area contributed by atoms with Crippen LogP contribution in [0.25, 0.3) is 33.1 Å². The Kier molecular flexibility index (Phi) is 2.62. The fourth-order valence-corrected chi connectivity index (χ4v) is 2.85. The highest BCUT2D eigenvalue weighted by Gasteiger charge is 2.11. The zero-order chi connectivity index (χ0) is 14.4. The van der Waals surface area contributed by atoms with Crippen LogP contribution in [0.3, 0.4) is 0 Å². The lowest BCUT2D eigenvalue weighted by atomic mass is 10.1. The fraction of sp³-hybridized carbons (Fsp3) is 0. The summed E-state index contributed by atoms with van der Waals surface area (Å²) >= 11 is 6.36. The van der Waals surface area contributed by atoms with Crippen molar-refractivity contribution in [1.82, 2.24) is 9.97 Å². The third kappa shape index (κ3) is 1.94. The van der Waals surface area contributed by atoms with Gasteiger partial charge in [-0.3, -0.25) is 0 Å². The van der Waals surface area contributed by atoms with Crippen LogP contribution in [0.15, 0.2) is 54.7 Å². The lowest BCUT2D eigenvalue weighted by Crippen LogP contribution is -1.85. The van der Waals surface area contributed by atoms with E-state index < -0.39 is 0 Å². The van der Waals surface area contributed by atoms with Gasteiger partial charge in [0.05, 0.1) is 16.2 Å². The van der Waals surface area contributed by atoms with Crippen molar-refractivity contribution in [1.29, 1.82) is 0 Å². The van der Waals surface area contributed by atoms with Crippen LogP contribution in [0.5, 0.6) is 5.75 Å². The van der Waals surface area contributed by atoms with E-state index in [1.807, 2.05) is 42.6 Å². The van der Waals surface area contributed by atoms with Crippen LogP contribution < -0.4 is 0 Å². The standard InChI is InChI=1S/C17H11ClN2O/c18-14-8-17(20-16-4-2-1-3-11(14)16)13-9-19-15-6-5-10(21)7-12(13)15/h1-9,19,21H. The molecule has 4 aromatic rings. The average molecular weight is 295 g/mol. The van der Waals surface area contributed by atoms with E-state index in [1.54, 1.807) is 12.1 Å². The number of aromatic nitrogens is 2. The van der Waals surface area contributed by atoms with Crippen molar-refractivity contribution in [3.63, 3.8) is 0 Å². The second-order valence-corrected chi connectivity index (χ2v) is 5.35. The van der Waals surface area contributed by atoms with E-state index in [-0.39, 0.29) is 5.75 Å². The van der Waals surface area contributed by atoms with Gasteiger partial charge in [-0.1, -0.05) is 29.8 Å². The van der Waals surface area contributed by atoms with Gasteiger partial charge in [0.2, 0.25) is 0 Å². The van der Waals surface area contributed by atoms with Gasteiger partial charge in [0.15, 0.2) is 0 Å². The maximum atomic E-state index is 9.69.